The van der Waals surface area contributed by atoms with Gasteiger partial charge in [-0.2, -0.15) is 0 Å². The fourth-order valence-corrected chi connectivity index (χ4v) is 2.65. The molecule has 1 N–H and O–H groups in total. The van der Waals surface area contributed by atoms with E-state index in [4.69, 9.17) is 9.47 Å². The van der Waals surface area contributed by atoms with Crippen LogP contribution >= 0.6 is 0 Å². The van der Waals surface area contributed by atoms with Crippen LogP contribution in [0.1, 0.15) is 17.2 Å². The van der Waals surface area contributed by atoms with Crippen LogP contribution in [0.3, 0.4) is 0 Å². The monoisotopic (exact) mass is 290 g/mol. The molecule has 0 bridgehead atoms. The molecule has 2 aliphatic rings. The first-order chi connectivity index (χ1) is 10.2. The molecule has 0 radical (unpaired) electrons. The lowest BCUT2D eigenvalue weighted by Gasteiger charge is -2.26. The van der Waals surface area contributed by atoms with Gasteiger partial charge in [-0.25, -0.2) is 4.79 Å². The summed E-state index contributed by atoms with van der Waals surface area (Å²) in [6.45, 7) is 1.93. The maximum absolute atomic E-state index is 11.9. The summed E-state index contributed by atoms with van der Waals surface area (Å²) in [7, 11) is 0. The van der Waals surface area contributed by atoms with E-state index in [1.807, 2.05) is 18.2 Å². The molecule has 2 aliphatic heterocycles. The van der Waals surface area contributed by atoms with Gasteiger partial charge in [-0.1, -0.05) is 24.3 Å². The molecule has 1 saturated heterocycles. The SMILES string of the molecule is O=C(CN1CCOC1=O)NCC1OCCc2ccccc21. The quantitative estimate of drug-likeness (QED) is 0.893. The number of amides is 2. The second-order valence-electron chi connectivity index (χ2n) is 5.15. The van der Waals surface area contributed by atoms with Gasteiger partial charge in [-0.3, -0.25) is 9.69 Å². The van der Waals surface area contributed by atoms with Crippen molar-refractivity contribution in [1.29, 1.82) is 0 Å². The summed E-state index contributed by atoms with van der Waals surface area (Å²) >= 11 is 0. The molecule has 112 valence electrons. The molecular formula is C15H18N2O4. The van der Waals surface area contributed by atoms with Crippen LogP contribution in [0, 0.1) is 0 Å². The smallest absolute Gasteiger partial charge is 0.410 e. The second-order valence-corrected chi connectivity index (χ2v) is 5.15. The first kappa shape index (κ1) is 13.9. The second kappa shape index (κ2) is 6.13. The minimum atomic E-state index is -0.426. The number of nitrogens with one attached hydrogen (secondary N) is 1. The standard InChI is InChI=1S/C15H18N2O4/c18-14(10-17-6-8-21-15(17)19)16-9-13-12-4-2-1-3-11(12)5-7-20-13/h1-4,13H,5-10H2,(H,16,18). The zero-order valence-electron chi connectivity index (χ0n) is 11.7. The Kier molecular flexibility index (Phi) is 4.06. The van der Waals surface area contributed by atoms with E-state index in [2.05, 4.69) is 11.4 Å². The summed E-state index contributed by atoms with van der Waals surface area (Å²) in [5, 5.41) is 2.83. The van der Waals surface area contributed by atoms with Crippen LogP contribution in [0.15, 0.2) is 24.3 Å². The minimum Gasteiger partial charge on any atom is -0.448 e. The third-order valence-corrected chi connectivity index (χ3v) is 3.76. The Labute approximate surface area is 123 Å². The van der Waals surface area contributed by atoms with Crippen LogP contribution in [0.25, 0.3) is 0 Å². The number of fused-ring (bicyclic) bond motifs is 1. The zero-order chi connectivity index (χ0) is 14.7. The first-order valence-corrected chi connectivity index (χ1v) is 7.12. The van der Waals surface area contributed by atoms with E-state index < -0.39 is 6.09 Å². The average Bonchev–Trinajstić information content (AvgIpc) is 2.90. The van der Waals surface area contributed by atoms with E-state index in [9.17, 15) is 9.59 Å². The molecule has 1 aromatic carbocycles. The van der Waals surface area contributed by atoms with Crippen molar-refractivity contribution < 1.29 is 19.1 Å². The van der Waals surface area contributed by atoms with E-state index in [1.165, 1.54) is 10.5 Å². The van der Waals surface area contributed by atoms with Gasteiger partial charge in [0.15, 0.2) is 0 Å². The molecule has 0 saturated carbocycles. The van der Waals surface area contributed by atoms with Crippen LogP contribution in [0.5, 0.6) is 0 Å². The first-order valence-electron chi connectivity index (χ1n) is 7.12. The number of hydrogen-bond acceptors (Lipinski definition) is 4. The van der Waals surface area contributed by atoms with E-state index in [0.717, 1.165) is 12.0 Å². The Morgan fingerprint density at radius 3 is 3.00 bits per heavy atom. The Morgan fingerprint density at radius 1 is 1.33 bits per heavy atom. The van der Waals surface area contributed by atoms with E-state index in [-0.39, 0.29) is 18.6 Å². The summed E-state index contributed by atoms with van der Waals surface area (Å²) in [6.07, 6.45) is 0.356. The lowest BCUT2D eigenvalue weighted by molar-refractivity contribution is -0.122. The van der Waals surface area contributed by atoms with Crippen LogP contribution < -0.4 is 5.32 Å². The predicted molar refractivity (Wildman–Crippen MR) is 74.8 cm³/mol. The van der Waals surface area contributed by atoms with Gasteiger partial charge in [0.05, 0.1) is 13.2 Å². The van der Waals surface area contributed by atoms with Gasteiger partial charge < -0.3 is 14.8 Å². The van der Waals surface area contributed by atoms with Crippen molar-refractivity contribution >= 4 is 12.0 Å². The number of benzene rings is 1. The predicted octanol–water partition coefficient (Wildman–Crippen LogP) is 0.869. The normalized spacial score (nSPS) is 20.9. The van der Waals surface area contributed by atoms with Crippen LogP contribution in [0.4, 0.5) is 4.79 Å². The summed E-state index contributed by atoms with van der Waals surface area (Å²) in [6, 6.07) is 8.11. The summed E-state index contributed by atoms with van der Waals surface area (Å²) < 4.78 is 10.5. The van der Waals surface area contributed by atoms with Crippen molar-refractivity contribution in [2.75, 3.05) is 32.8 Å². The molecule has 2 amide bonds. The molecule has 6 heteroatoms. The fourth-order valence-electron chi connectivity index (χ4n) is 2.65. The summed E-state index contributed by atoms with van der Waals surface area (Å²) in [5.41, 5.74) is 2.40. The Balaban J connectivity index is 1.53. The molecule has 2 heterocycles. The molecule has 1 unspecified atom stereocenters. The summed E-state index contributed by atoms with van der Waals surface area (Å²) in [5.74, 6) is -0.194. The number of carbonyl (C=O) groups is 2. The highest BCUT2D eigenvalue weighted by Crippen LogP contribution is 2.26. The van der Waals surface area contributed by atoms with Crippen molar-refractivity contribution in [3.63, 3.8) is 0 Å². The van der Waals surface area contributed by atoms with Gasteiger partial charge in [0.1, 0.15) is 19.3 Å². The molecule has 1 fully saturated rings. The third-order valence-electron chi connectivity index (χ3n) is 3.76. The number of cyclic esters (lactones) is 1. The number of rotatable bonds is 4. The molecule has 0 spiro atoms. The molecule has 1 aromatic rings. The zero-order valence-corrected chi connectivity index (χ0v) is 11.7. The average molecular weight is 290 g/mol. The molecule has 21 heavy (non-hydrogen) atoms. The van der Waals surface area contributed by atoms with E-state index in [1.54, 1.807) is 0 Å². The van der Waals surface area contributed by atoms with Gasteiger partial charge >= 0.3 is 6.09 Å². The number of nitrogens with zero attached hydrogens (tertiary/aromatic N) is 1. The summed E-state index contributed by atoms with van der Waals surface area (Å²) in [4.78, 5) is 24.6. The lowest BCUT2D eigenvalue weighted by atomic mass is 9.97. The van der Waals surface area contributed by atoms with E-state index in [0.29, 0.717) is 26.3 Å². The Hall–Kier alpha value is -2.08. The highest BCUT2D eigenvalue weighted by molar-refractivity contribution is 5.82. The van der Waals surface area contributed by atoms with Crippen LogP contribution in [0.2, 0.25) is 0 Å². The van der Waals surface area contributed by atoms with Gasteiger partial charge in [0.25, 0.3) is 0 Å². The Bertz CT molecular complexity index is 546. The van der Waals surface area contributed by atoms with Gasteiger partial charge in [-0.15, -0.1) is 0 Å². The van der Waals surface area contributed by atoms with Crippen molar-refractivity contribution in [3.8, 4) is 0 Å². The fraction of sp³-hybridized carbons (Fsp3) is 0.467. The van der Waals surface area contributed by atoms with E-state index >= 15 is 0 Å². The largest absolute Gasteiger partial charge is 0.448 e. The molecule has 6 nitrogen and oxygen atoms in total. The molecule has 0 aromatic heterocycles. The van der Waals surface area contributed by atoms with Crippen molar-refractivity contribution in [3.05, 3.63) is 35.4 Å². The molecule has 1 atom stereocenters. The van der Waals surface area contributed by atoms with Crippen LogP contribution in [-0.2, 0) is 20.7 Å². The number of carbonyl (C=O) groups excluding carboxylic acids is 2. The third kappa shape index (κ3) is 3.16. The van der Waals surface area contributed by atoms with Crippen LogP contribution in [-0.4, -0.2) is 49.7 Å². The van der Waals surface area contributed by atoms with Crippen molar-refractivity contribution in [1.82, 2.24) is 10.2 Å². The topological polar surface area (TPSA) is 67.9 Å². The Morgan fingerprint density at radius 2 is 2.19 bits per heavy atom. The van der Waals surface area contributed by atoms with Crippen molar-refractivity contribution in [2.45, 2.75) is 12.5 Å². The maximum Gasteiger partial charge on any atom is 0.410 e. The molecule has 3 rings (SSSR count). The highest BCUT2D eigenvalue weighted by atomic mass is 16.6. The van der Waals surface area contributed by atoms with Gasteiger partial charge in [0.2, 0.25) is 5.91 Å². The van der Waals surface area contributed by atoms with Crippen molar-refractivity contribution in [2.24, 2.45) is 0 Å². The number of ether oxygens (including phenoxy) is 2. The lowest BCUT2D eigenvalue weighted by Crippen LogP contribution is -2.40. The van der Waals surface area contributed by atoms with Gasteiger partial charge in [0, 0.05) is 6.54 Å². The maximum atomic E-state index is 11.9. The number of hydrogen-bond donors (Lipinski definition) is 1. The minimum absolute atomic E-state index is 0.0349. The van der Waals surface area contributed by atoms with Gasteiger partial charge in [-0.05, 0) is 17.5 Å². The molecular weight excluding hydrogens is 272 g/mol. The molecule has 0 aliphatic carbocycles. The highest BCUT2D eigenvalue weighted by Gasteiger charge is 2.25.